The third-order valence-corrected chi connectivity index (χ3v) is 4.00. The van der Waals surface area contributed by atoms with Crippen LogP contribution in [-0.2, 0) is 6.18 Å². The minimum atomic E-state index is -4.56. The number of halogens is 3. The number of pyridine rings is 1. The van der Waals surface area contributed by atoms with Crippen LogP contribution in [0, 0.1) is 5.92 Å². The van der Waals surface area contributed by atoms with E-state index in [4.69, 9.17) is 0 Å². The Morgan fingerprint density at radius 1 is 1.25 bits per heavy atom. The second-order valence-corrected chi connectivity index (χ2v) is 5.78. The summed E-state index contributed by atoms with van der Waals surface area (Å²) in [6.45, 7) is 1.10. The monoisotopic (exact) mass is 338 g/mol. The van der Waals surface area contributed by atoms with Crippen molar-refractivity contribution in [2.24, 2.45) is 5.92 Å². The molecule has 2 aromatic rings. The minimum absolute atomic E-state index is 0.0147. The largest absolute Gasteiger partial charge is 0.433 e. The molecule has 0 aliphatic carbocycles. The Hall–Kier alpha value is -2.22. The molecular weight excluding hydrogens is 321 g/mol. The highest BCUT2D eigenvalue weighted by atomic mass is 19.4. The lowest BCUT2D eigenvalue weighted by Gasteiger charge is -2.33. The summed E-state index contributed by atoms with van der Waals surface area (Å²) in [4.78, 5) is 13.7. The van der Waals surface area contributed by atoms with Crippen LogP contribution in [-0.4, -0.2) is 39.8 Å². The van der Waals surface area contributed by atoms with Crippen LogP contribution < -0.4 is 4.90 Å². The molecule has 1 saturated heterocycles. The number of aromatic nitrogens is 3. The van der Waals surface area contributed by atoms with E-state index in [9.17, 15) is 18.3 Å². The van der Waals surface area contributed by atoms with Gasteiger partial charge in [-0.1, -0.05) is 6.07 Å². The zero-order valence-corrected chi connectivity index (χ0v) is 12.9. The normalized spacial score (nSPS) is 18.7. The molecule has 1 aliphatic rings. The van der Waals surface area contributed by atoms with Gasteiger partial charge in [-0.25, -0.2) is 9.97 Å². The summed E-state index contributed by atoms with van der Waals surface area (Å²) in [5.74, 6) is 0.212. The van der Waals surface area contributed by atoms with E-state index in [2.05, 4.69) is 15.0 Å². The standard InChI is InChI=1S/C16H17F3N4O/c17-16(18,19)13-8-14(23-7-3-4-11(9-23)10-24)22-15(21-13)12-5-1-2-6-20-12/h1-2,5-6,8,11,24H,3-4,7,9-10H2. The summed E-state index contributed by atoms with van der Waals surface area (Å²) in [5.41, 5.74) is -0.695. The Labute approximate surface area is 137 Å². The maximum atomic E-state index is 13.2. The smallest absolute Gasteiger partial charge is 0.396 e. The summed E-state index contributed by atoms with van der Waals surface area (Å²) in [7, 11) is 0. The van der Waals surface area contributed by atoms with Gasteiger partial charge in [0.25, 0.3) is 0 Å². The van der Waals surface area contributed by atoms with Gasteiger partial charge >= 0.3 is 6.18 Å². The van der Waals surface area contributed by atoms with Gasteiger partial charge in [-0.15, -0.1) is 0 Å². The maximum Gasteiger partial charge on any atom is 0.433 e. The predicted molar refractivity (Wildman–Crippen MR) is 82.3 cm³/mol. The average molecular weight is 338 g/mol. The summed E-state index contributed by atoms with van der Waals surface area (Å²) >= 11 is 0. The highest BCUT2D eigenvalue weighted by molar-refractivity contribution is 5.54. The molecule has 1 aliphatic heterocycles. The van der Waals surface area contributed by atoms with Crippen LogP contribution in [0.4, 0.5) is 19.0 Å². The van der Waals surface area contributed by atoms with Crippen LogP contribution >= 0.6 is 0 Å². The SMILES string of the molecule is OCC1CCCN(c2cc(C(F)(F)F)nc(-c3ccccn3)n2)C1. The van der Waals surface area contributed by atoms with E-state index in [0.717, 1.165) is 18.9 Å². The Balaban J connectivity index is 2.02. The molecule has 1 unspecified atom stereocenters. The molecule has 0 radical (unpaired) electrons. The van der Waals surface area contributed by atoms with Gasteiger partial charge in [0, 0.05) is 32.0 Å². The van der Waals surface area contributed by atoms with Crippen molar-refractivity contribution >= 4 is 5.82 Å². The highest BCUT2D eigenvalue weighted by Gasteiger charge is 2.35. The lowest BCUT2D eigenvalue weighted by atomic mass is 9.99. The van der Waals surface area contributed by atoms with Gasteiger partial charge in [-0.3, -0.25) is 4.98 Å². The first-order chi connectivity index (χ1) is 11.5. The van der Waals surface area contributed by atoms with Crippen LogP contribution in [0.25, 0.3) is 11.5 Å². The van der Waals surface area contributed by atoms with E-state index in [1.807, 2.05) is 0 Å². The number of hydrogen-bond donors (Lipinski definition) is 1. The Morgan fingerprint density at radius 2 is 2.08 bits per heavy atom. The van der Waals surface area contributed by atoms with Crippen LogP contribution in [0.3, 0.4) is 0 Å². The molecule has 2 aromatic heterocycles. The summed E-state index contributed by atoms with van der Waals surface area (Å²) < 4.78 is 39.6. The Bertz CT molecular complexity index is 693. The molecule has 3 heterocycles. The Morgan fingerprint density at radius 3 is 2.75 bits per heavy atom. The van der Waals surface area contributed by atoms with Crippen LogP contribution in [0.15, 0.2) is 30.5 Å². The fourth-order valence-electron chi connectivity index (χ4n) is 2.77. The summed E-state index contributed by atoms with van der Waals surface area (Å²) in [5, 5.41) is 9.32. The number of alkyl halides is 3. The van der Waals surface area contributed by atoms with Crippen molar-refractivity contribution in [1.29, 1.82) is 0 Å². The number of nitrogens with zero attached hydrogens (tertiary/aromatic N) is 4. The third-order valence-electron chi connectivity index (χ3n) is 4.00. The van der Waals surface area contributed by atoms with E-state index in [1.54, 1.807) is 23.1 Å². The number of aliphatic hydroxyl groups is 1. The number of rotatable bonds is 3. The zero-order valence-electron chi connectivity index (χ0n) is 12.9. The van der Waals surface area contributed by atoms with Crippen molar-refractivity contribution in [3.63, 3.8) is 0 Å². The van der Waals surface area contributed by atoms with Crippen molar-refractivity contribution in [1.82, 2.24) is 15.0 Å². The van der Waals surface area contributed by atoms with Crippen LogP contribution in [0.1, 0.15) is 18.5 Å². The molecule has 3 rings (SSSR count). The second kappa shape index (κ2) is 6.72. The van der Waals surface area contributed by atoms with Crippen molar-refractivity contribution < 1.29 is 18.3 Å². The van der Waals surface area contributed by atoms with Crippen LogP contribution in [0.5, 0.6) is 0 Å². The summed E-state index contributed by atoms with van der Waals surface area (Å²) in [6.07, 6.45) is -1.42. The first kappa shape index (κ1) is 16.6. The van der Waals surface area contributed by atoms with Crippen molar-refractivity contribution in [2.75, 3.05) is 24.6 Å². The quantitative estimate of drug-likeness (QED) is 0.932. The highest BCUT2D eigenvalue weighted by Crippen LogP contribution is 2.32. The molecular formula is C16H17F3N4O. The molecule has 8 heteroatoms. The van der Waals surface area contributed by atoms with Gasteiger partial charge in [-0.05, 0) is 30.9 Å². The molecule has 1 atom stereocenters. The lowest BCUT2D eigenvalue weighted by molar-refractivity contribution is -0.141. The molecule has 0 spiro atoms. The van der Waals surface area contributed by atoms with Gasteiger partial charge in [0.2, 0.25) is 0 Å². The molecule has 0 bridgehead atoms. The van der Waals surface area contributed by atoms with Gasteiger partial charge in [0.1, 0.15) is 11.5 Å². The van der Waals surface area contributed by atoms with Gasteiger partial charge in [0.15, 0.2) is 11.5 Å². The van der Waals surface area contributed by atoms with Gasteiger partial charge < -0.3 is 10.0 Å². The van der Waals surface area contributed by atoms with Crippen molar-refractivity contribution in [3.05, 3.63) is 36.2 Å². The molecule has 1 N–H and O–H groups in total. The van der Waals surface area contributed by atoms with Crippen molar-refractivity contribution in [3.8, 4) is 11.5 Å². The fourth-order valence-corrected chi connectivity index (χ4v) is 2.77. The maximum absolute atomic E-state index is 13.2. The predicted octanol–water partition coefficient (Wildman–Crippen LogP) is 2.77. The topological polar surface area (TPSA) is 62.1 Å². The molecule has 24 heavy (non-hydrogen) atoms. The molecule has 1 fully saturated rings. The second-order valence-electron chi connectivity index (χ2n) is 5.78. The van der Waals surface area contributed by atoms with Gasteiger partial charge in [-0.2, -0.15) is 13.2 Å². The molecule has 0 amide bonds. The number of anilines is 1. The molecule has 0 saturated carbocycles. The fraction of sp³-hybridized carbons (Fsp3) is 0.438. The minimum Gasteiger partial charge on any atom is -0.396 e. The first-order valence-electron chi connectivity index (χ1n) is 7.71. The summed E-state index contributed by atoms with van der Waals surface area (Å²) in [6, 6.07) is 5.89. The van der Waals surface area contributed by atoms with Gasteiger partial charge in [0.05, 0.1) is 0 Å². The van der Waals surface area contributed by atoms with E-state index in [1.165, 1.54) is 6.20 Å². The van der Waals surface area contributed by atoms with E-state index < -0.39 is 11.9 Å². The molecule has 5 nitrogen and oxygen atoms in total. The Kier molecular flexibility index (Phi) is 4.66. The van der Waals surface area contributed by atoms with E-state index >= 15 is 0 Å². The molecule has 0 aromatic carbocycles. The lowest BCUT2D eigenvalue weighted by Crippen LogP contribution is -2.37. The molecule has 128 valence electrons. The number of piperidine rings is 1. The van der Waals surface area contributed by atoms with E-state index in [-0.39, 0.29) is 24.2 Å². The van der Waals surface area contributed by atoms with E-state index in [0.29, 0.717) is 18.8 Å². The van der Waals surface area contributed by atoms with Crippen molar-refractivity contribution in [2.45, 2.75) is 19.0 Å². The number of hydrogen-bond acceptors (Lipinski definition) is 5. The number of aliphatic hydroxyl groups excluding tert-OH is 1. The third kappa shape index (κ3) is 3.64. The average Bonchev–Trinajstić information content (AvgIpc) is 2.61. The first-order valence-corrected chi connectivity index (χ1v) is 7.71. The zero-order chi connectivity index (χ0) is 17.2. The van der Waals surface area contributed by atoms with Crippen LogP contribution in [0.2, 0.25) is 0 Å².